The highest BCUT2D eigenvalue weighted by Crippen LogP contribution is 2.80. The van der Waals surface area contributed by atoms with Gasteiger partial charge in [-0.3, -0.25) is 0 Å². The number of aliphatic hydroxyl groups is 1. The van der Waals surface area contributed by atoms with E-state index in [2.05, 4.69) is 62.0 Å². The first-order valence-electron chi connectivity index (χ1n) is 17.5. The number of rotatable bonds is 4. The number of carbonyl (C=O) groups excluding carboxylic acids is 1. The third-order valence-corrected chi connectivity index (χ3v) is 15.9. The molecule has 5 aliphatic carbocycles. The molecule has 5 saturated carbocycles. The average Bonchev–Trinajstić information content (AvgIpc) is 3.23. The Morgan fingerprint density at radius 2 is 1.48 bits per heavy atom. The van der Waals surface area contributed by atoms with Crippen LogP contribution in [-0.4, -0.2) is 28.4 Å². The molecule has 242 valence electrons. The number of aliphatic hydroxyl groups excluding tert-OH is 1. The first-order chi connectivity index (χ1) is 20.4. The van der Waals surface area contributed by atoms with Gasteiger partial charge in [-0.2, -0.15) is 0 Å². The van der Waals surface area contributed by atoms with Crippen molar-refractivity contribution in [2.75, 3.05) is 0 Å². The van der Waals surface area contributed by atoms with Crippen LogP contribution in [0.25, 0.3) is 6.08 Å². The summed E-state index contributed by atoms with van der Waals surface area (Å²) in [5.74, 6) is 2.05. The van der Waals surface area contributed by atoms with Gasteiger partial charge in [0.2, 0.25) is 0 Å². The Bertz CT molecular complexity index is 1340. The molecule has 0 spiro atoms. The fraction of sp³-hybridized carbons (Fsp3) is 0.725. The second kappa shape index (κ2) is 10.2. The van der Waals surface area contributed by atoms with Crippen molar-refractivity contribution in [1.82, 2.24) is 0 Å². The number of carbonyl (C=O) groups is 1. The zero-order valence-electron chi connectivity index (χ0n) is 28.7. The van der Waals surface area contributed by atoms with Crippen LogP contribution in [0.2, 0.25) is 0 Å². The van der Waals surface area contributed by atoms with E-state index >= 15 is 0 Å². The van der Waals surface area contributed by atoms with Crippen LogP contribution < -0.4 is 0 Å². The summed E-state index contributed by atoms with van der Waals surface area (Å²) in [6.07, 6.45) is 12.9. The monoisotopic (exact) mass is 602 g/mol. The van der Waals surface area contributed by atoms with Crippen molar-refractivity contribution in [3.05, 3.63) is 48.1 Å². The molecule has 0 saturated heterocycles. The molecule has 0 bridgehead atoms. The van der Waals surface area contributed by atoms with Gasteiger partial charge in [0.1, 0.15) is 11.9 Å². The number of fused-ring (bicyclic) bond motifs is 7. The molecule has 5 aliphatic rings. The second-order valence-electron chi connectivity index (χ2n) is 17.7. The molecule has 4 heteroatoms. The van der Waals surface area contributed by atoms with Gasteiger partial charge in [0.05, 0.1) is 6.10 Å². The van der Waals surface area contributed by atoms with Crippen molar-refractivity contribution in [2.45, 2.75) is 125 Å². The number of phenols is 1. The fourth-order valence-corrected chi connectivity index (χ4v) is 13.3. The minimum absolute atomic E-state index is 0.0498. The normalized spacial score (nSPS) is 47.7. The summed E-state index contributed by atoms with van der Waals surface area (Å²) < 4.78 is 6.22. The molecule has 2 N–H and O–H groups in total. The largest absolute Gasteiger partial charge is 0.508 e. The van der Waals surface area contributed by atoms with E-state index < -0.39 is 0 Å². The van der Waals surface area contributed by atoms with Gasteiger partial charge in [0, 0.05) is 11.5 Å². The van der Waals surface area contributed by atoms with Gasteiger partial charge in [-0.25, -0.2) is 4.79 Å². The van der Waals surface area contributed by atoms with Crippen molar-refractivity contribution in [1.29, 1.82) is 0 Å². The average molecular weight is 603 g/mol. The van der Waals surface area contributed by atoms with Crippen molar-refractivity contribution in [2.24, 2.45) is 56.2 Å². The van der Waals surface area contributed by atoms with Gasteiger partial charge < -0.3 is 14.9 Å². The van der Waals surface area contributed by atoms with Crippen molar-refractivity contribution < 1.29 is 19.7 Å². The van der Waals surface area contributed by atoms with E-state index in [1.807, 2.05) is 0 Å². The molecule has 0 amide bonds. The van der Waals surface area contributed by atoms with Crippen LogP contribution in [0, 0.1) is 56.2 Å². The minimum atomic E-state index is -0.287. The number of allylic oxidation sites excluding steroid dienone is 1. The quantitative estimate of drug-likeness (QED) is 0.205. The summed E-state index contributed by atoms with van der Waals surface area (Å²) in [4.78, 5) is 13.0. The summed E-state index contributed by atoms with van der Waals surface area (Å²) in [5, 5.41) is 21.6. The second-order valence-corrected chi connectivity index (χ2v) is 17.7. The number of phenolic OH excluding ortho intramolecular Hbond substituents is 1. The molecule has 0 unspecified atom stereocenters. The van der Waals surface area contributed by atoms with Gasteiger partial charge in [0.15, 0.2) is 0 Å². The smallest absolute Gasteiger partial charge is 0.331 e. The maximum absolute atomic E-state index is 13.0. The van der Waals surface area contributed by atoms with E-state index in [1.54, 1.807) is 30.3 Å². The van der Waals surface area contributed by atoms with E-state index in [4.69, 9.17) is 4.74 Å². The summed E-state index contributed by atoms with van der Waals surface area (Å²) >= 11 is 0. The van der Waals surface area contributed by atoms with Gasteiger partial charge in [-0.15, -0.1) is 0 Å². The predicted molar refractivity (Wildman–Crippen MR) is 178 cm³/mol. The molecule has 1 aromatic carbocycles. The Morgan fingerprint density at radius 3 is 2.14 bits per heavy atom. The Morgan fingerprint density at radius 1 is 0.841 bits per heavy atom. The molecular formula is C40H58O4. The van der Waals surface area contributed by atoms with Gasteiger partial charge in [0.25, 0.3) is 0 Å². The first kappa shape index (κ1) is 31.9. The highest BCUT2D eigenvalue weighted by Gasteiger charge is 2.75. The van der Waals surface area contributed by atoms with Crippen molar-refractivity contribution in [3.8, 4) is 5.75 Å². The van der Waals surface area contributed by atoms with Crippen molar-refractivity contribution in [3.63, 3.8) is 0 Å². The van der Waals surface area contributed by atoms with Crippen LogP contribution in [-0.2, 0) is 9.53 Å². The number of aromatic hydroxyl groups is 1. The van der Waals surface area contributed by atoms with Crippen LogP contribution >= 0.6 is 0 Å². The number of hydrogen-bond donors (Lipinski definition) is 2. The topological polar surface area (TPSA) is 66.8 Å². The van der Waals surface area contributed by atoms with E-state index in [1.165, 1.54) is 30.9 Å². The lowest BCUT2D eigenvalue weighted by atomic mass is 9.30. The molecule has 44 heavy (non-hydrogen) atoms. The summed E-state index contributed by atoms with van der Waals surface area (Å²) in [6, 6.07) is 6.84. The van der Waals surface area contributed by atoms with Crippen LogP contribution in [0.1, 0.15) is 119 Å². The maximum atomic E-state index is 13.0. The van der Waals surface area contributed by atoms with E-state index in [0.717, 1.165) is 44.1 Å². The zero-order chi connectivity index (χ0) is 32.1. The zero-order valence-corrected chi connectivity index (χ0v) is 28.7. The van der Waals surface area contributed by atoms with Gasteiger partial charge >= 0.3 is 5.97 Å². The van der Waals surface area contributed by atoms with Crippen LogP contribution in [0.5, 0.6) is 5.75 Å². The lowest BCUT2D eigenvalue weighted by Crippen LogP contribution is -2.70. The Hall–Kier alpha value is -2.07. The van der Waals surface area contributed by atoms with Crippen LogP contribution in [0.4, 0.5) is 0 Å². The number of benzene rings is 1. The molecule has 4 nitrogen and oxygen atoms in total. The van der Waals surface area contributed by atoms with Crippen LogP contribution in [0.3, 0.4) is 0 Å². The number of ether oxygens (including phenoxy) is 1. The first-order valence-corrected chi connectivity index (χ1v) is 17.5. The molecule has 6 rings (SSSR count). The Balaban J connectivity index is 1.26. The summed E-state index contributed by atoms with van der Waals surface area (Å²) in [6.45, 7) is 24.1. The standard InChI is InChI=1S/C40H58O4/c1-25(2)28-18-22-38(7)32(42)24-39(8)31(40(28,38)9)16-15-30-36(5)21-20-33(35(3,4)29(36)19-23-37(30,39)6)44-34(43)17-12-26-10-13-27(41)14-11-26/h10-14,17,28-33,41-42H,1,15-16,18-24H2,2-9H3/b17-12+/t28-,29-,30+,31-,32-,33-,36-,37+,38+,39+,40+/m0/s1. The fourth-order valence-electron chi connectivity index (χ4n) is 13.3. The predicted octanol–water partition coefficient (Wildman–Crippen LogP) is 9.36. The highest BCUT2D eigenvalue weighted by atomic mass is 16.5. The third kappa shape index (κ3) is 4.14. The van der Waals surface area contributed by atoms with E-state index in [-0.39, 0.29) is 56.4 Å². The lowest BCUT2D eigenvalue weighted by Gasteiger charge is -2.75. The molecule has 0 heterocycles. The molecule has 1 aromatic rings. The molecule has 5 fully saturated rings. The molecular weight excluding hydrogens is 544 g/mol. The maximum Gasteiger partial charge on any atom is 0.331 e. The van der Waals surface area contributed by atoms with Gasteiger partial charge in [-0.1, -0.05) is 72.8 Å². The summed E-state index contributed by atoms with van der Waals surface area (Å²) in [7, 11) is 0. The number of esters is 1. The van der Waals surface area contributed by atoms with E-state index in [0.29, 0.717) is 23.7 Å². The molecule has 0 aromatic heterocycles. The van der Waals surface area contributed by atoms with Crippen molar-refractivity contribution >= 4 is 12.0 Å². The molecule has 11 atom stereocenters. The third-order valence-electron chi connectivity index (χ3n) is 15.9. The Kier molecular flexibility index (Phi) is 7.40. The van der Waals surface area contributed by atoms with Crippen LogP contribution in [0.15, 0.2) is 42.5 Å². The molecule has 0 radical (unpaired) electrons. The molecule has 0 aliphatic heterocycles. The Labute approximate surface area is 266 Å². The SMILES string of the molecule is C=C(C)[C@@H]1CC[C@]2(C)[C@@H](O)C[C@]3(C)[C@H](CC[C@@H]4[C@@]5(C)CC[C@H](OC(=O)/C=C/c6ccc(O)cc6)C(C)(C)[C@@H]5CC[C@]43C)[C@@]12C. The minimum Gasteiger partial charge on any atom is -0.508 e. The summed E-state index contributed by atoms with van der Waals surface area (Å²) in [5.41, 5.74) is 2.46. The highest BCUT2D eigenvalue weighted by molar-refractivity contribution is 5.87. The van der Waals surface area contributed by atoms with E-state index in [9.17, 15) is 15.0 Å². The van der Waals surface area contributed by atoms with Gasteiger partial charge in [-0.05, 0) is 139 Å². The number of hydrogen-bond acceptors (Lipinski definition) is 4. The lowest BCUT2D eigenvalue weighted by molar-refractivity contribution is -0.282.